The number of benzene rings is 2. The van der Waals surface area contributed by atoms with Gasteiger partial charge in [0, 0.05) is 13.6 Å². The molecule has 10 nitrogen and oxygen atoms in total. The van der Waals surface area contributed by atoms with E-state index in [9.17, 15) is 22.8 Å². The minimum absolute atomic E-state index is 0.0238. The van der Waals surface area contributed by atoms with E-state index in [1.165, 1.54) is 38.4 Å². The largest absolute Gasteiger partial charge is 0.462 e. The van der Waals surface area contributed by atoms with Crippen LogP contribution in [0.25, 0.3) is 10.9 Å². The van der Waals surface area contributed by atoms with Gasteiger partial charge in [0.25, 0.3) is 15.6 Å². The molecule has 3 rings (SSSR count). The number of para-hydroxylation sites is 1. The number of carbonyl (C=O) groups is 1. The zero-order valence-corrected chi connectivity index (χ0v) is 17.7. The molecular formula is C20H21N3O7S. The fraction of sp³-hybridized carbons (Fsp3) is 0.250. The van der Waals surface area contributed by atoms with Crippen molar-refractivity contribution in [2.45, 2.75) is 17.9 Å². The minimum atomic E-state index is -3.81. The van der Waals surface area contributed by atoms with Crippen molar-refractivity contribution in [1.82, 2.24) is 14.0 Å². The van der Waals surface area contributed by atoms with Crippen LogP contribution in [0.4, 0.5) is 0 Å². The van der Waals surface area contributed by atoms with Gasteiger partial charge in [-0.3, -0.25) is 14.2 Å². The van der Waals surface area contributed by atoms with E-state index in [-0.39, 0.29) is 30.0 Å². The highest BCUT2D eigenvalue weighted by molar-refractivity contribution is 7.89. The number of carbonyl (C=O) groups excluding carboxylic acids is 1. The van der Waals surface area contributed by atoms with Crippen molar-refractivity contribution in [2.75, 3.05) is 20.8 Å². The number of ether oxygens (including phenoxy) is 1. The van der Waals surface area contributed by atoms with Gasteiger partial charge in [-0.05, 0) is 42.8 Å². The second-order valence-electron chi connectivity index (χ2n) is 6.54. The minimum Gasteiger partial charge on any atom is -0.462 e. The van der Waals surface area contributed by atoms with Gasteiger partial charge in [-0.15, -0.1) is 0 Å². The standard InChI is InChI=1S/C20H21N3O7S/c1-22(29-2)31(27,28)15-10-8-14(9-11-15)19(25)30-13-5-12-23-18(24)16-6-3-4-7-17(16)21-20(23)26/h3-4,6-11H,5,12-13H2,1-2H3,(H,21,26). The van der Waals surface area contributed by atoms with Crippen LogP contribution in [0.2, 0.25) is 0 Å². The first-order chi connectivity index (χ1) is 14.8. The zero-order chi connectivity index (χ0) is 22.6. The lowest BCUT2D eigenvalue weighted by Gasteiger charge is -2.14. The summed E-state index contributed by atoms with van der Waals surface area (Å²) in [6.45, 7) is 0.0524. The molecule has 0 saturated carbocycles. The number of rotatable bonds is 8. The maximum atomic E-state index is 12.5. The van der Waals surface area contributed by atoms with Gasteiger partial charge in [-0.2, -0.15) is 0 Å². The summed E-state index contributed by atoms with van der Waals surface area (Å²) >= 11 is 0. The van der Waals surface area contributed by atoms with Crippen molar-refractivity contribution in [1.29, 1.82) is 0 Å². The lowest BCUT2D eigenvalue weighted by Crippen LogP contribution is -2.35. The van der Waals surface area contributed by atoms with Crippen LogP contribution < -0.4 is 11.2 Å². The molecule has 0 atom stereocenters. The molecule has 0 aliphatic rings. The van der Waals surface area contributed by atoms with Crippen LogP contribution in [0.5, 0.6) is 0 Å². The summed E-state index contributed by atoms with van der Waals surface area (Å²) in [5.41, 5.74) is -0.321. The zero-order valence-electron chi connectivity index (χ0n) is 16.9. The number of H-pyrrole nitrogens is 1. The van der Waals surface area contributed by atoms with Gasteiger partial charge in [0.15, 0.2) is 0 Å². The van der Waals surface area contributed by atoms with E-state index in [0.29, 0.717) is 15.4 Å². The molecule has 31 heavy (non-hydrogen) atoms. The summed E-state index contributed by atoms with van der Waals surface area (Å²) in [6.07, 6.45) is 0.248. The van der Waals surface area contributed by atoms with Crippen molar-refractivity contribution in [2.24, 2.45) is 0 Å². The molecule has 0 saturated heterocycles. The molecule has 0 bridgehead atoms. The number of hydrogen-bond donors (Lipinski definition) is 1. The summed E-state index contributed by atoms with van der Waals surface area (Å²) in [7, 11) is -1.33. The number of fused-ring (bicyclic) bond motifs is 1. The van der Waals surface area contributed by atoms with Crippen LogP contribution in [-0.4, -0.2) is 49.2 Å². The van der Waals surface area contributed by atoms with Crippen molar-refractivity contribution >= 4 is 26.9 Å². The Morgan fingerprint density at radius 3 is 2.45 bits per heavy atom. The Bertz CT molecular complexity index is 1310. The third-order valence-corrected chi connectivity index (χ3v) is 6.33. The van der Waals surface area contributed by atoms with E-state index in [2.05, 4.69) is 4.98 Å². The van der Waals surface area contributed by atoms with Crippen molar-refractivity contribution in [3.05, 3.63) is 74.9 Å². The van der Waals surface area contributed by atoms with Crippen LogP contribution in [0, 0.1) is 0 Å². The first-order valence-electron chi connectivity index (χ1n) is 9.28. The number of hydrogen-bond acceptors (Lipinski definition) is 7. The lowest BCUT2D eigenvalue weighted by molar-refractivity contribution is -0.0258. The Labute approximate surface area is 177 Å². The Balaban J connectivity index is 1.61. The summed E-state index contributed by atoms with van der Waals surface area (Å²) in [5.74, 6) is -0.649. The normalized spacial score (nSPS) is 11.7. The van der Waals surface area contributed by atoms with E-state index in [4.69, 9.17) is 9.57 Å². The molecule has 0 aliphatic carbocycles. The van der Waals surface area contributed by atoms with Gasteiger partial charge in [0.2, 0.25) is 0 Å². The molecule has 0 aliphatic heterocycles. The molecular weight excluding hydrogens is 426 g/mol. The second kappa shape index (κ2) is 9.25. The Kier molecular flexibility index (Phi) is 6.68. The smallest absolute Gasteiger partial charge is 0.338 e. The predicted octanol–water partition coefficient (Wildman–Crippen LogP) is 1.12. The molecule has 11 heteroatoms. The van der Waals surface area contributed by atoms with E-state index in [1.54, 1.807) is 24.3 Å². The predicted molar refractivity (Wildman–Crippen MR) is 112 cm³/mol. The molecule has 0 amide bonds. The third kappa shape index (κ3) is 4.74. The van der Waals surface area contributed by atoms with Gasteiger partial charge < -0.3 is 9.72 Å². The van der Waals surface area contributed by atoms with Gasteiger partial charge in [-0.1, -0.05) is 16.6 Å². The average Bonchev–Trinajstić information content (AvgIpc) is 2.77. The number of aromatic amines is 1. The maximum absolute atomic E-state index is 12.5. The summed E-state index contributed by atoms with van der Waals surface area (Å²) in [5, 5.41) is 0.397. The Morgan fingerprint density at radius 1 is 1.10 bits per heavy atom. The van der Waals surface area contributed by atoms with Crippen LogP contribution in [0.15, 0.2) is 63.0 Å². The molecule has 1 aromatic heterocycles. The Morgan fingerprint density at radius 2 is 1.77 bits per heavy atom. The number of hydroxylamine groups is 1. The molecule has 1 N–H and O–H groups in total. The first kappa shape index (κ1) is 22.4. The number of esters is 1. The molecule has 0 fully saturated rings. The highest BCUT2D eigenvalue weighted by Crippen LogP contribution is 2.15. The number of nitrogens with one attached hydrogen (secondary N) is 1. The molecule has 2 aromatic carbocycles. The van der Waals surface area contributed by atoms with Gasteiger partial charge in [-0.25, -0.2) is 18.0 Å². The van der Waals surface area contributed by atoms with E-state index < -0.39 is 27.2 Å². The first-order valence-corrected chi connectivity index (χ1v) is 10.7. The highest BCUT2D eigenvalue weighted by Gasteiger charge is 2.21. The van der Waals surface area contributed by atoms with Crippen LogP contribution in [-0.2, 0) is 26.1 Å². The molecule has 0 spiro atoms. The number of sulfonamides is 1. The van der Waals surface area contributed by atoms with Crippen LogP contribution in [0.3, 0.4) is 0 Å². The molecule has 164 valence electrons. The Hall–Kier alpha value is -3.28. The van der Waals surface area contributed by atoms with Crippen molar-refractivity contribution in [3.63, 3.8) is 0 Å². The second-order valence-corrected chi connectivity index (χ2v) is 8.48. The lowest BCUT2D eigenvalue weighted by atomic mass is 10.2. The molecule has 3 aromatic rings. The number of aromatic nitrogens is 2. The van der Waals surface area contributed by atoms with E-state index >= 15 is 0 Å². The summed E-state index contributed by atoms with van der Waals surface area (Å²) < 4.78 is 31.2. The van der Waals surface area contributed by atoms with Gasteiger partial charge in [0.05, 0.1) is 35.1 Å². The fourth-order valence-corrected chi connectivity index (χ4v) is 3.86. The van der Waals surface area contributed by atoms with E-state index in [0.717, 1.165) is 4.57 Å². The summed E-state index contributed by atoms with van der Waals surface area (Å²) in [4.78, 5) is 44.1. The SMILES string of the molecule is CON(C)S(=O)(=O)c1ccc(C(=O)OCCCn2c(=O)[nH]c3ccccc3c2=O)cc1. The highest BCUT2D eigenvalue weighted by atomic mass is 32.2. The molecule has 1 heterocycles. The van der Waals surface area contributed by atoms with Gasteiger partial charge in [0.1, 0.15) is 0 Å². The fourth-order valence-electron chi connectivity index (χ4n) is 2.88. The topological polar surface area (TPSA) is 128 Å². The molecule has 0 radical (unpaired) electrons. The third-order valence-electron chi connectivity index (χ3n) is 4.63. The summed E-state index contributed by atoms with van der Waals surface area (Å²) in [6, 6.07) is 11.9. The van der Waals surface area contributed by atoms with E-state index in [1.807, 2.05) is 0 Å². The van der Waals surface area contributed by atoms with Crippen molar-refractivity contribution < 1.29 is 22.8 Å². The van der Waals surface area contributed by atoms with Crippen LogP contribution >= 0.6 is 0 Å². The number of nitrogens with zero attached hydrogens (tertiary/aromatic N) is 2. The molecule has 0 unspecified atom stereocenters. The maximum Gasteiger partial charge on any atom is 0.338 e. The van der Waals surface area contributed by atoms with Crippen molar-refractivity contribution in [3.8, 4) is 0 Å². The quantitative estimate of drug-likeness (QED) is 0.311. The average molecular weight is 447 g/mol. The van der Waals surface area contributed by atoms with Crippen LogP contribution in [0.1, 0.15) is 16.8 Å². The monoisotopic (exact) mass is 447 g/mol. The van der Waals surface area contributed by atoms with Gasteiger partial charge >= 0.3 is 11.7 Å².